The number of nitrogens with one attached hydrogen (secondary N) is 1. The molecule has 1 aromatic carbocycles. The summed E-state index contributed by atoms with van der Waals surface area (Å²) in [5, 5.41) is 24.8. The summed E-state index contributed by atoms with van der Waals surface area (Å²) in [7, 11) is 0. The van der Waals surface area contributed by atoms with Gasteiger partial charge in [0.1, 0.15) is 6.61 Å². The number of benzene rings is 1. The second-order valence-electron chi connectivity index (χ2n) is 4.98. The fraction of sp³-hybridized carbons (Fsp3) is 0.462. The van der Waals surface area contributed by atoms with E-state index >= 15 is 0 Å². The zero-order valence-corrected chi connectivity index (χ0v) is 12.3. The van der Waals surface area contributed by atoms with Crippen molar-refractivity contribution >= 4 is 17.3 Å². The monoisotopic (exact) mass is 324 g/mol. The summed E-state index contributed by atoms with van der Waals surface area (Å²) < 4.78 is 5.05. The number of nitrogens with zero attached hydrogens (tertiary/aromatic N) is 3. The average Bonchev–Trinajstić information content (AvgIpc) is 2.55. The van der Waals surface area contributed by atoms with Crippen molar-refractivity contribution in [1.82, 2.24) is 10.2 Å². The number of piperazine rings is 1. The van der Waals surface area contributed by atoms with Crippen LogP contribution in [0.2, 0.25) is 0 Å². The molecule has 23 heavy (non-hydrogen) atoms. The highest BCUT2D eigenvalue weighted by atomic mass is 16.6. The van der Waals surface area contributed by atoms with Gasteiger partial charge in [-0.05, 0) is 0 Å². The van der Waals surface area contributed by atoms with Gasteiger partial charge >= 0.3 is 5.97 Å². The smallest absolute Gasteiger partial charge is 0.338 e. The topological polar surface area (TPSA) is 128 Å². The molecule has 124 valence electrons. The number of carbonyl (C=O) groups excluding carboxylic acids is 1. The number of nitro benzene ring substituents is 2. The van der Waals surface area contributed by atoms with Gasteiger partial charge in [0.25, 0.3) is 11.4 Å². The van der Waals surface area contributed by atoms with E-state index < -0.39 is 27.2 Å². The van der Waals surface area contributed by atoms with Crippen molar-refractivity contribution in [3.8, 4) is 0 Å². The van der Waals surface area contributed by atoms with Crippen molar-refractivity contribution < 1.29 is 19.4 Å². The first kappa shape index (κ1) is 16.8. The lowest BCUT2D eigenvalue weighted by molar-refractivity contribution is -0.394. The Balaban J connectivity index is 2.00. The van der Waals surface area contributed by atoms with E-state index in [1.807, 2.05) is 0 Å². The van der Waals surface area contributed by atoms with Crippen LogP contribution < -0.4 is 5.32 Å². The summed E-state index contributed by atoms with van der Waals surface area (Å²) in [5.41, 5.74) is -1.24. The van der Waals surface area contributed by atoms with Gasteiger partial charge in [0.15, 0.2) is 0 Å². The molecule has 0 saturated carbocycles. The molecular weight excluding hydrogens is 308 g/mol. The molecule has 0 radical (unpaired) electrons. The molecule has 0 atom stereocenters. The van der Waals surface area contributed by atoms with E-state index in [1.54, 1.807) is 0 Å². The van der Waals surface area contributed by atoms with Crippen LogP contribution in [0.5, 0.6) is 0 Å². The molecule has 0 aliphatic carbocycles. The minimum absolute atomic E-state index is 0.120. The van der Waals surface area contributed by atoms with Crippen LogP contribution in [0.1, 0.15) is 10.4 Å². The standard InChI is InChI=1S/C13H16N4O6/c18-13(23-6-5-15-3-1-14-2-4-15)10-7-11(16(19)20)9-12(8-10)17(21)22/h7-9,14H,1-6H2. The molecule has 0 unspecified atom stereocenters. The summed E-state index contributed by atoms with van der Waals surface area (Å²) in [4.78, 5) is 34.1. The minimum atomic E-state index is -0.813. The Kier molecular flexibility index (Phi) is 5.55. The number of hydrogen-bond acceptors (Lipinski definition) is 8. The predicted octanol–water partition coefficient (Wildman–Crippen LogP) is 0.565. The Morgan fingerprint density at radius 2 is 1.70 bits per heavy atom. The second kappa shape index (κ2) is 7.61. The third-order valence-corrected chi connectivity index (χ3v) is 3.41. The summed E-state index contributed by atoms with van der Waals surface area (Å²) in [6.45, 7) is 4.09. The quantitative estimate of drug-likeness (QED) is 0.457. The lowest BCUT2D eigenvalue weighted by Gasteiger charge is -2.26. The van der Waals surface area contributed by atoms with E-state index in [2.05, 4.69) is 10.2 Å². The van der Waals surface area contributed by atoms with Gasteiger partial charge in [-0.1, -0.05) is 0 Å². The third kappa shape index (κ3) is 4.69. The molecule has 1 aliphatic heterocycles. The molecule has 10 nitrogen and oxygen atoms in total. The average molecular weight is 324 g/mol. The fourth-order valence-corrected chi connectivity index (χ4v) is 2.21. The minimum Gasteiger partial charge on any atom is -0.461 e. The van der Waals surface area contributed by atoms with Gasteiger partial charge in [0.2, 0.25) is 0 Å². The van der Waals surface area contributed by atoms with Crippen molar-refractivity contribution in [2.75, 3.05) is 39.3 Å². The summed E-state index contributed by atoms with van der Waals surface area (Å²) >= 11 is 0. The maximum atomic E-state index is 11.9. The van der Waals surface area contributed by atoms with E-state index in [0.29, 0.717) is 6.54 Å². The molecule has 1 aromatic rings. The SMILES string of the molecule is O=C(OCCN1CCNCC1)c1cc([N+](=O)[O-])cc([N+](=O)[O-])c1. The number of ether oxygens (including phenoxy) is 1. The number of rotatable bonds is 6. The summed E-state index contributed by atoms with van der Waals surface area (Å²) in [6.07, 6.45) is 0. The zero-order valence-electron chi connectivity index (χ0n) is 12.3. The van der Waals surface area contributed by atoms with Crippen LogP contribution >= 0.6 is 0 Å². The van der Waals surface area contributed by atoms with Crippen molar-refractivity contribution in [2.24, 2.45) is 0 Å². The first-order valence-corrected chi connectivity index (χ1v) is 7.01. The van der Waals surface area contributed by atoms with Gasteiger partial charge in [-0.3, -0.25) is 25.1 Å². The van der Waals surface area contributed by atoms with Gasteiger partial charge < -0.3 is 10.1 Å². The number of nitro groups is 2. The van der Waals surface area contributed by atoms with Crippen LogP contribution in [0, 0.1) is 20.2 Å². The molecule has 2 rings (SSSR count). The Morgan fingerprint density at radius 1 is 1.13 bits per heavy atom. The van der Waals surface area contributed by atoms with E-state index in [4.69, 9.17) is 4.74 Å². The fourth-order valence-electron chi connectivity index (χ4n) is 2.21. The normalized spacial score (nSPS) is 15.1. The highest BCUT2D eigenvalue weighted by molar-refractivity contribution is 5.91. The Hall–Kier alpha value is -2.59. The number of esters is 1. The molecule has 1 saturated heterocycles. The van der Waals surface area contributed by atoms with Crippen LogP contribution in [0.25, 0.3) is 0 Å². The molecule has 1 N–H and O–H groups in total. The summed E-state index contributed by atoms with van der Waals surface area (Å²) in [5.74, 6) is -0.813. The molecule has 0 spiro atoms. The Morgan fingerprint density at radius 3 is 2.22 bits per heavy atom. The van der Waals surface area contributed by atoms with Crippen molar-refractivity contribution in [2.45, 2.75) is 0 Å². The Bertz CT molecular complexity index is 582. The molecule has 10 heteroatoms. The van der Waals surface area contributed by atoms with E-state index in [9.17, 15) is 25.0 Å². The number of carbonyl (C=O) groups is 1. The van der Waals surface area contributed by atoms with Gasteiger partial charge in [-0.2, -0.15) is 0 Å². The van der Waals surface area contributed by atoms with Crippen molar-refractivity contribution in [1.29, 1.82) is 0 Å². The van der Waals surface area contributed by atoms with Gasteiger partial charge in [0.05, 0.1) is 21.5 Å². The third-order valence-electron chi connectivity index (χ3n) is 3.41. The molecule has 1 aliphatic rings. The van der Waals surface area contributed by atoms with Gasteiger partial charge in [-0.25, -0.2) is 4.79 Å². The lowest BCUT2D eigenvalue weighted by Crippen LogP contribution is -2.44. The van der Waals surface area contributed by atoms with E-state index in [0.717, 1.165) is 44.4 Å². The first-order valence-electron chi connectivity index (χ1n) is 7.01. The maximum absolute atomic E-state index is 11.9. The van der Waals surface area contributed by atoms with Crippen molar-refractivity contribution in [3.05, 3.63) is 44.0 Å². The molecule has 1 heterocycles. The second-order valence-corrected chi connectivity index (χ2v) is 4.98. The van der Waals surface area contributed by atoms with Crippen LogP contribution in [0.15, 0.2) is 18.2 Å². The molecule has 0 amide bonds. The van der Waals surface area contributed by atoms with Gasteiger partial charge in [-0.15, -0.1) is 0 Å². The van der Waals surface area contributed by atoms with Crippen molar-refractivity contribution in [3.63, 3.8) is 0 Å². The first-order chi connectivity index (χ1) is 11.0. The number of non-ortho nitro benzene ring substituents is 2. The Labute approximate surface area is 131 Å². The van der Waals surface area contributed by atoms with Crippen LogP contribution in [0.4, 0.5) is 11.4 Å². The highest BCUT2D eigenvalue weighted by Gasteiger charge is 2.21. The predicted molar refractivity (Wildman–Crippen MR) is 79.3 cm³/mol. The van der Waals surface area contributed by atoms with Crippen LogP contribution in [-0.4, -0.2) is 60.0 Å². The lowest BCUT2D eigenvalue weighted by atomic mass is 10.2. The highest BCUT2D eigenvalue weighted by Crippen LogP contribution is 2.23. The van der Waals surface area contributed by atoms with E-state index in [1.165, 1.54) is 0 Å². The largest absolute Gasteiger partial charge is 0.461 e. The van der Waals surface area contributed by atoms with Crippen LogP contribution in [0.3, 0.4) is 0 Å². The zero-order chi connectivity index (χ0) is 16.8. The van der Waals surface area contributed by atoms with Crippen LogP contribution in [-0.2, 0) is 4.74 Å². The summed E-state index contributed by atoms with van der Waals surface area (Å²) in [6, 6.07) is 2.75. The van der Waals surface area contributed by atoms with Gasteiger partial charge in [0, 0.05) is 44.9 Å². The molecule has 0 aromatic heterocycles. The molecule has 0 bridgehead atoms. The molecule has 1 fully saturated rings. The number of hydrogen-bond donors (Lipinski definition) is 1. The molecular formula is C13H16N4O6. The van der Waals surface area contributed by atoms with E-state index in [-0.39, 0.29) is 12.2 Å². The maximum Gasteiger partial charge on any atom is 0.338 e.